The van der Waals surface area contributed by atoms with Gasteiger partial charge in [0.05, 0.1) is 4.92 Å². The van der Waals surface area contributed by atoms with E-state index in [0.29, 0.717) is 10.9 Å². The zero-order valence-electron chi connectivity index (χ0n) is 6.64. The molecule has 1 aromatic rings. The third kappa shape index (κ3) is 3.12. The molecule has 0 N–H and O–H groups in total. The number of aromatic nitrogens is 1. The molecule has 70 valence electrons. The van der Waals surface area contributed by atoms with Gasteiger partial charge in [0, 0.05) is 5.88 Å². The zero-order chi connectivity index (χ0) is 9.68. The highest BCUT2D eigenvalue weighted by Crippen LogP contribution is 2.21. The van der Waals surface area contributed by atoms with Gasteiger partial charge in [-0.15, -0.1) is 11.6 Å². The Morgan fingerprint density at radius 2 is 2.54 bits per heavy atom. The molecule has 0 fully saturated rings. The minimum atomic E-state index is -0.448. The molecule has 0 aliphatic rings. The molecule has 0 radical (unpaired) electrons. The van der Waals surface area contributed by atoms with Gasteiger partial charge in [0.1, 0.15) is 11.2 Å². The van der Waals surface area contributed by atoms with Crippen LogP contribution < -0.4 is 0 Å². The molecule has 1 aromatic heterocycles. The number of hydrogen-bond donors (Lipinski definition) is 0. The van der Waals surface area contributed by atoms with Crippen LogP contribution in [0.25, 0.3) is 6.08 Å². The minimum Gasteiger partial charge on any atom is -0.257 e. The SMILES string of the molecule is O=[N+]([O-])c1cnc(C=CCCCl)s1. The van der Waals surface area contributed by atoms with Crippen LogP contribution >= 0.6 is 22.9 Å². The Hall–Kier alpha value is -0.940. The van der Waals surface area contributed by atoms with Crippen molar-refractivity contribution in [1.29, 1.82) is 0 Å². The second-order valence-electron chi connectivity index (χ2n) is 2.17. The van der Waals surface area contributed by atoms with Gasteiger partial charge in [-0.1, -0.05) is 6.08 Å². The van der Waals surface area contributed by atoms with Gasteiger partial charge < -0.3 is 0 Å². The van der Waals surface area contributed by atoms with E-state index in [0.717, 1.165) is 17.8 Å². The summed E-state index contributed by atoms with van der Waals surface area (Å²) in [6, 6.07) is 0. The summed E-state index contributed by atoms with van der Waals surface area (Å²) in [7, 11) is 0. The highest BCUT2D eigenvalue weighted by Gasteiger charge is 2.08. The van der Waals surface area contributed by atoms with Gasteiger partial charge in [-0.3, -0.25) is 10.1 Å². The standard InChI is InChI=1S/C7H7ClN2O2S/c8-4-2-1-3-6-9-5-7(13-6)10(11)12/h1,3,5H,2,4H2. The van der Waals surface area contributed by atoms with Crippen molar-refractivity contribution in [3.8, 4) is 0 Å². The molecule has 1 heterocycles. The van der Waals surface area contributed by atoms with Crippen LogP contribution in [0.15, 0.2) is 12.3 Å². The third-order valence-corrected chi connectivity index (χ3v) is 2.36. The molecule has 0 aliphatic heterocycles. The second-order valence-corrected chi connectivity index (χ2v) is 3.59. The normalized spacial score (nSPS) is 10.8. The lowest BCUT2D eigenvalue weighted by atomic mass is 10.4. The van der Waals surface area contributed by atoms with Gasteiger partial charge in [-0.25, -0.2) is 4.98 Å². The number of halogens is 1. The summed E-state index contributed by atoms with van der Waals surface area (Å²) in [4.78, 5) is 13.7. The fourth-order valence-corrected chi connectivity index (χ4v) is 1.48. The van der Waals surface area contributed by atoms with Crippen LogP contribution in [0, 0.1) is 10.1 Å². The molecule has 13 heavy (non-hydrogen) atoms. The minimum absolute atomic E-state index is 0.0607. The van der Waals surface area contributed by atoms with Crippen molar-refractivity contribution in [2.45, 2.75) is 6.42 Å². The van der Waals surface area contributed by atoms with Crippen molar-refractivity contribution in [2.24, 2.45) is 0 Å². The summed E-state index contributed by atoms with van der Waals surface area (Å²) in [6.45, 7) is 0. The summed E-state index contributed by atoms with van der Waals surface area (Å²) in [5, 5.41) is 11.0. The molecule has 0 bridgehead atoms. The number of hydrogen-bond acceptors (Lipinski definition) is 4. The molecular weight excluding hydrogens is 212 g/mol. The van der Waals surface area contributed by atoms with Crippen LogP contribution in [0.3, 0.4) is 0 Å². The van der Waals surface area contributed by atoms with E-state index in [9.17, 15) is 10.1 Å². The maximum absolute atomic E-state index is 10.3. The highest BCUT2D eigenvalue weighted by atomic mass is 35.5. The zero-order valence-corrected chi connectivity index (χ0v) is 8.22. The maximum atomic E-state index is 10.3. The van der Waals surface area contributed by atoms with E-state index in [-0.39, 0.29) is 5.00 Å². The molecule has 0 aliphatic carbocycles. The first-order chi connectivity index (χ1) is 6.24. The van der Waals surface area contributed by atoms with Crippen molar-refractivity contribution in [1.82, 2.24) is 4.98 Å². The quantitative estimate of drug-likeness (QED) is 0.444. The smallest absolute Gasteiger partial charge is 0.257 e. The van der Waals surface area contributed by atoms with Crippen molar-refractivity contribution in [2.75, 3.05) is 5.88 Å². The van der Waals surface area contributed by atoms with Crippen molar-refractivity contribution in [3.05, 3.63) is 27.4 Å². The Labute approximate surface area is 84.0 Å². The van der Waals surface area contributed by atoms with E-state index in [2.05, 4.69) is 4.98 Å². The lowest BCUT2D eigenvalue weighted by Crippen LogP contribution is -1.80. The molecule has 0 saturated carbocycles. The molecule has 0 atom stereocenters. The van der Waals surface area contributed by atoms with Gasteiger partial charge >= 0.3 is 5.00 Å². The maximum Gasteiger partial charge on any atom is 0.344 e. The first kappa shape index (κ1) is 10.1. The Morgan fingerprint density at radius 3 is 3.08 bits per heavy atom. The predicted molar refractivity (Wildman–Crippen MR) is 53.1 cm³/mol. The monoisotopic (exact) mass is 218 g/mol. The van der Waals surface area contributed by atoms with Crippen molar-refractivity contribution >= 4 is 34.0 Å². The van der Waals surface area contributed by atoms with Crippen LogP contribution in [0.1, 0.15) is 11.4 Å². The van der Waals surface area contributed by atoms with E-state index in [1.807, 2.05) is 6.08 Å². The summed E-state index contributed by atoms with van der Waals surface area (Å²) in [5.74, 6) is 0.546. The molecule has 0 amide bonds. The Bertz CT molecular complexity index is 324. The number of allylic oxidation sites excluding steroid dienone is 1. The molecule has 0 aromatic carbocycles. The van der Waals surface area contributed by atoms with E-state index in [1.165, 1.54) is 6.20 Å². The molecule has 1 rings (SSSR count). The summed E-state index contributed by atoms with van der Waals surface area (Å²) < 4.78 is 0. The van der Waals surface area contributed by atoms with Crippen LogP contribution in [-0.2, 0) is 0 Å². The van der Waals surface area contributed by atoms with Crippen LogP contribution in [-0.4, -0.2) is 15.8 Å². The average Bonchev–Trinajstić information content (AvgIpc) is 2.53. The molecule has 4 nitrogen and oxygen atoms in total. The van der Waals surface area contributed by atoms with Crippen LogP contribution in [0.2, 0.25) is 0 Å². The Morgan fingerprint density at radius 1 is 1.77 bits per heavy atom. The third-order valence-electron chi connectivity index (χ3n) is 1.23. The van der Waals surface area contributed by atoms with Crippen LogP contribution in [0.5, 0.6) is 0 Å². The number of nitro groups is 1. The van der Waals surface area contributed by atoms with Gasteiger partial charge in [0.25, 0.3) is 0 Å². The first-order valence-corrected chi connectivity index (χ1v) is 4.92. The Balaban J connectivity index is 2.64. The summed E-state index contributed by atoms with van der Waals surface area (Å²) >= 11 is 6.50. The largest absolute Gasteiger partial charge is 0.344 e. The second kappa shape index (κ2) is 4.94. The summed E-state index contributed by atoms with van der Waals surface area (Å²) in [5.41, 5.74) is 0. The topological polar surface area (TPSA) is 56.0 Å². The van der Waals surface area contributed by atoms with E-state index >= 15 is 0 Å². The molecule has 0 unspecified atom stereocenters. The van der Waals surface area contributed by atoms with E-state index in [1.54, 1.807) is 6.08 Å². The first-order valence-electron chi connectivity index (χ1n) is 3.57. The lowest BCUT2D eigenvalue weighted by Gasteiger charge is -1.81. The lowest BCUT2D eigenvalue weighted by molar-refractivity contribution is -0.380. The Kier molecular flexibility index (Phi) is 3.85. The molecule has 0 spiro atoms. The van der Waals surface area contributed by atoms with Crippen molar-refractivity contribution < 1.29 is 4.92 Å². The van der Waals surface area contributed by atoms with Gasteiger partial charge in [-0.2, -0.15) is 0 Å². The average molecular weight is 219 g/mol. The van der Waals surface area contributed by atoms with Crippen LogP contribution in [0.4, 0.5) is 5.00 Å². The number of rotatable bonds is 4. The predicted octanol–water partition coefficient (Wildman–Crippen LogP) is 2.69. The molecular formula is C7H7ClN2O2S. The number of nitrogens with zero attached hydrogens (tertiary/aromatic N) is 2. The van der Waals surface area contributed by atoms with E-state index < -0.39 is 4.92 Å². The number of thiazole rings is 1. The van der Waals surface area contributed by atoms with E-state index in [4.69, 9.17) is 11.6 Å². The number of alkyl halides is 1. The molecule has 6 heteroatoms. The van der Waals surface area contributed by atoms with Gasteiger partial charge in [0.2, 0.25) is 0 Å². The highest BCUT2D eigenvalue weighted by molar-refractivity contribution is 7.15. The summed E-state index contributed by atoms with van der Waals surface area (Å²) in [6.07, 6.45) is 5.58. The molecule has 0 saturated heterocycles. The van der Waals surface area contributed by atoms with Crippen molar-refractivity contribution in [3.63, 3.8) is 0 Å². The fourth-order valence-electron chi connectivity index (χ4n) is 0.687. The van der Waals surface area contributed by atoms with Gasteiger partial charge in [0.15, 0.2) is 0 Å². The van der Waals surface area contributed by atoms with Gasteiger partial charge in [-0.05, 0) is 23.8 Å². The fraction of sp³-hybridized carbons (Fsp3) is 0.286.